The zero-order valence-electron chi connectivity index (χ0n) is 15.7. The van der Waals surface area contributed by atoms with E-state index < -0.39 is 23.3 Å². The zero-order valence-corrected chi connectivity index (χ0v) is 15.7. The van der Waals surface area contributed by atoms with E-state index >= 15 is 0 Å². The van der Waals surface area contributed by atoms with Crippen LogP contribution in [0, 0.1) is 11.2 Å². The molecule has 2 aromatic carbocycles. The van der Waals surface area contributed by atoms with Gasteiger partial charge in [0.05, 0.1) is 5.56 Å². The molecule has 0 unspecified atom stereocenters. The number of hydrogen-bond donors (Lipinski definition) is 1. The van der Waals surface area contributed by atoms with Gasteiger partial charge in [0.15, 0.2) is 6.10 Å². The maximum absolute atomic E-state index is 12.9. The summed E-state index contributed by atoms with van der Waals surface area (Å²) < 4.78 is 18.1. The SMILES string of the molecule is C[C@@H](OC(=O)c1ccc(F)cc1)C(=O)c1ccc(NC(=O)C(C)(C)C)cc1. The Kier molecular flexibility index (Phi) is 6.10. The number of ketones is 1. The Morgan fingerprint density at radius 3 is 1.96 bits per heavy atom. The van der Waals surface area contributed by atoms with Crippen LogP contribution in [0.25, 0.3) is 0 Å². The van der Waals surface area contributed by atoms with Gasteiger partial charge in [-0.25, -0.2) is 9.18 Å². The van der Waals surface area contributed by atoms with E-state index in [2.05, 4.69) is 5.32 Å². The summed E-state index contributed by atoms with van der Waals surface area (Å²) in [5.41, 5.74) is 0.555. The molecule has 0 saturated carbocycles. The minimum Gasteiger partial charge on any atom is -0.451 e. The van der Waals surface area contributed by atoms with Crippen molar-refractivity contribution in [2.45, 2.75) is 33.8 Å². The van der Waals surface area contributed by atoms with Crippen molar-refractivity contribution in [2.24, 2.45) is 5.41 Å². The smallest absolute Gasteiger partial charge is 0.338 e. The summed E-state index contributed by atoms with van der Waals surface area (Å²) >= 11 is 0. The molecule has 0 radical (unpaired) electrons. The van der Waals surface area contributed by atoms with Crippen LogP contribution in [0.4, 0.5) is 10.1 Å². The van der Waals surface area contributed by atoms with Crippen molar-refractivity contribution in [3.8, 4) is 0 Å². The summed E-state index contributed by atoms with van der Waals surface area (Å²) in [6, 6.07) is 11.2. The van der Waals surface area contributed by atoms with Crippen LogP contribution in [0.3, 0.4) is 0 Å². The van der Waals surface area contributed by atoms with Gasteiger partial charge in [-0.15, -0.1) is 0 Å². The van der Waals surface area contributed by atoms with Gasteiger partial charge in [0.1, 0.15) is 5.82 Å². The molecule has 2 aromatic rings. The van der Waals surface area contributed by atoms with Crippen LogP contribution in [-0.4, -0.2) is 23.8 Å². The number of esters is 1. The number of nitrogens with one attached hydrogen (secondary N) is 1. The Balaban J connectivity index is 2.01. The number of amides is 1. The van der Waals surface area contributed by atoms with Crippen molar-refractivity contribution in [2.75, 3.05) is 5.32 Å². The van der Waals surface area contributed by atoms with E-state index in [9.17, 15) is 18.8 Å². The van der Waals surface area contributed by atoms with Crippen molar-refractivity contribution in [3.05, 3.63) is 65.5 Å². The number of hydrogen-bond acceptors (Lipinski definition) is 4. The van der Waals surface area contributed by atoms with Gasteiger partial charge < -0.3 is 10.1 Å². The number of carbonyl (C=O) groups excluding carboxylic acids is 3. The molecule has 0 aliphatic carbocycles. The van der Waals surface area contributed by atoms with Crippen LogP contribution in [0.5, 0.6) is 0 Å². The second kappa shape index (κ2) is 8.12. The lowest BCUT2D eigenvalue weighted by molar-refractivity contribution is -0.123. The molecule has 0 heterocycles. The lowest BCUT2D eigenvalue weighted by Gasteiger charge is -2.18. The molecule has 0 aliphatic rings. The monoisotopic (exact) mass is 371 g/mol. The topological polar surface area (TPSA) is 72.5 Å². The van der Waals surface area contributed by atoms with Crippen molar-refractivity contribution in [1.82, 2.24) is 0 Å². The molecule has 0 saturated heterocycles. The number of carbonyl (C=O) groups is 3. The third-order valence-electron chi connectivity index (χ3n) is 3.84. The van der Waals surface area contributed by atoms with E-state index in [1.54, 1.807) is 45.0 Å². The van der Waals surface area contributed by atoms with Gasteiger partial charge in [-0.3, -0.25) is 9.59 Å². The molecular weight excluding hydrogens is 349 g/mol. The normalized spacial score (nSPS) is 12.2. The Bertz CT molecular complexity index is 836. The molecule has 6 heteroatoms. The summed E-state index contributed by atoms with van der Waals surface area (Å²) in [7, 11) is 0. The first-order valence-electron chi connectivity index (χ1n) is 8.50. The fourth-order valence-electron chi connectivity index (χ4n) is 2.14. The Morgan fingerprint density at radius 1 is 0.926 bits per heavy atom. The lowest BCUT2D eigenvalue weighted by Crippen LogP contribution is -2.27. The maximum atomic E-state index is 12.9. The van der Waals surface area contributed by atoms with Crippen LogP contribution in [0.15, 0.2) is 48.5 Å². The summed E-state index contributed by atoms with van der Waals surface area (Å²) in [4.78, 5) is 36.4. The van der Waals surface area contributed by atoms with Gasteiger partial charge in [-0.2, -0.15) is 0 Å². The van der Waals surface area contributed by atoms with Crippen molar-refractivity contribution in [3.63, 3.8) is 0 Å². The molecular formula is C21H22FNO4. The third-order valence-corrected chi connectivity index (χ3v) is 3.84. The average Bonchev–Trinajstić information content (AvgIpc) is 2.61. The number of rotatable bonds is 5. The third kappa shape index (κ3) is 5.48. The molecule has 1 atom stereocenters. The Morgan fingerprint density at radius 2 is 1.44 bits per heavy atom. The summed E-state index contributed by atoms with van der Waals surface area (Å²) in [5.74, 6) is -1.68. The van der Waals surface area contributed by atoms with E-state index in [1.807, 2.05) is 0 Å². The fourth-order valence-corrected chi connectivity index (χ4v) is 2.14. The van der Waals surface area contributed by atoms with Gasteiger partial charge in [0.2, 0.25) is 11.7 Å². The van der Waals surface area contributed by atoms with E-state index in [0.717, 1.165) is 12.1 Å². The molecule has 0 fully saturated rings. The second-order valence-corrected chi connectivity index (χ2v) is 7.20. The zero-order chi connectivity index (χ0) is 20.2. The average molecular weight is 371 g/mol. The van der Waals surface area contributed by atoms with E-state index in [4.69, 9.17) is 4.74 Å². The van der Waals surface area contributed by atoms with Crippen molar-refractivity contribution >= 4 is 23.3 Å². The van der Waals surface area contributed by atoms with Gasteiger partial charge in [-0.1, -0.05) is 20.8 Å². The molecule has 0 aliphatic heterocycles. The quantitative estimate of drug-likeness (QED) is 0.630. The summed E-state index contributed by atoms with van der Waals surface area (Å²) in [6.07, 6.45) is -1.00. The Hall–Kier alpha value is -3.02. The van der Waals surface area contributed by atoms with E-state index in [-0.39, 0.29) is 17.3 Å². The molecule has 1 amide bonds. The van der Waals surface area contributed by atoms with Crippen LogP contribution < -0.4 is 5.32 Å². The number of anilines is 1. The van der Waals surface area contributed by atoms with Gasteiger partial charge in [0, 0.05) is 16.7 Å². The highest BCUT2D eigenvalue weighted by atomic mass is 19.1. The minimum atomic E-state index is -1.00. The highest BCUT2D eigenvalue weighted by Gasteiger charge is 2.22. The van der Waals surface area contributed by atoms with Crippen LogP contribution in [0.2, 0.25) is 0 Å². The second-order valence-electron chi connectivity index (χ2n) is 7.20. The predicted molar refractivity (Wildman–Crippen MR) is 100 cm³/mol. The molecule has 142 valence electrons. The number of benzene rings is 2. The van der Waals surface area contributed by atoms with Crippen LogP contribution >= 0.6 is 0 Å². The van der Waals surface area contributed by atoms with Gasteiger partial charge in [-0.05, 0) is 55.5 Å². The number of halogens is 1. The van der Waals surface area contributed by atoms with Gasteiger partial charge in [0.25, 0.3) is 0 Å². The molecule has 1 N–H and O–H groups in total. The first-order valence-corrected chi connectivity index (χ1v) is 8.50. The van der Waals surface area contributed by atoms with Crippen molar-refractivity contribution < 1.29 is 23.5 Å². The first kappa shape index (κ1) is 20.3. The van der Waals surface area contributed by atoms with E-state index in [1.165, 1.54) is 19.1 Å². The summed E-state index contributed by atoms with van der Waals surface area (Å²) in [6.45, 7) is 6.88. The summed E-state index contributed by atoms with van der Waals surface area (Å²) in [5, 5.41) is 2.77. The molecule has 5 nitrogen and oxygen atoms in total. The molecule has 0 spiro atoms. The highest BCUT2D eigenvalue weighted by Crippen LogP contribution is 2.18. The standard InChI is InChI=1S/C21H22FNO4/c1-13(27-19(25)15-5-9-16(22)10-6-15)18(24)14-7-11-17(12-8-14)23-20(26)21(2,3)4/h5-13H,1-4H3,(H,23,26)/t13-/m1/s1. The molecule has 27 heavy (non-hydrogen) atoms. The van der Waals surface area contributed by atoms with Gasteiger partial charge >= 0.3 is 5.97 Å². The molecule has 0 bridgehead atoms. The Labute approximate surface area is 157 Å². The van der Waals surface area contributed by atoms with Crippen LogP contribution in [-0.2, 0) is 9.53 Å². The largest absolute Gasteiger partial charge is 0.451 e. The van der Waals surface area contributed by atoms with Crippen LogP contribution in [0.1, 0.15) is 48.4 Å². The number of Topliss-reactive ketones (excluding diaryl/α,β-unsaturated/α-hetero) is 1. The van der Waals surface area contributed by atoms with E-state index in [0.29, 0.717) is 11.3 Å². The minimum absolute atomic E-state index is 0.136. The predicted octanol–water partition coefficient (Wildman–Crippen LogP) is 4.24. The molecule has 2 rings (SSSR count). The lowest BCUT2D eigenvalue weighted by atomic mass is 9.95. The first-order chi connectivity index (χ1) is 12.6. The highest BCUT2D eigenvalue weighted by molar-refractivity contribution is 6.02. The molecule has 0 aromatic heterocycles. The maximum Gasteiger partial charge on any atom is 0.338 e. The van der Waals surface area contributed by atoms with Crippen molar-refractivity contribution in [1.29, 1.82) is 0 Å². The number of ether oxygens (including phenoxy) is 1. The fraction of sp³-hybridized carbons (Fsp3) is 0.286.